The maximum absolute atomic E-state index is 6.48. The summed E-state index contributed by atoms with van der Waals surface area (Å²) in [5.41, 5.74) is 8.81. The van der Waals surface area contributed by atoms with Gasteiger partial charge in [-0.1, -0.05) is 34.1 Å². The molecular weight excluding hydrogens is 433 g/mol. The van der Waals surface area contributed by atoms with Crippen LogP contribution in [0, 0.1) is 3.57 Å². The predicted octanol–water partition coefficient (Wildman–Crippen LogP) is 5.32. The molecule has 1 atom stereocenters. The highest BCUT2D eigenvalue weighted by Crippen LogP contribution is 2.34. The SMILES string of the molecule is NC(c1cc(I)ccc1Br)c1cccc2ccsc12. The average Bonchev–Trinajstić information content (AvgIpc) is 2.89. The molecule has 2 aromatic carbocycles. The van der Waals surface area contributed by atoms with Gasteiger partial charge in [0.15, 0.2) is 0 Å². The van der Waals surface area contributed by atoms with E-state index >= 15 is 0 Å². The maximum Gasteiger partial charge on any atom is 0.0577 e. The van der Waals surface area contributed by atoms with E-state index in [0.717, 1.165) is 10.0 Å². The molecule has 0 spiro atoms. The number of rotatable bonds is 2. The summed E-state index contributed by atoms with van der Waals surface area (Å²) in [6.45, 7) is 0. The summed E-state index contributed by atoms with van der Waals surface area (Å²) >= 11 is 7.67. The molecule has 0 aliphatic heterocycles. The van der Waals surface area contributed by atoms with E-state index < -0.39 is 0 Å². The summed E-state index contributed by atoms with van der Waals surface area (Å²) in [6, 6.07) is 14.6. The molecule has 2 N–H and O–H groups in total. The number of halogens is 2. The number of thiophene rings is 1. The fourth-order valence-electron chi connectivity index (χ4n) is 2.18. The van der Waals surface area contributed by atoms with Crippen molar-refractivity contribution in [2.45, 2.75) is 6.04 Å². The van der Waals surface area contributed by atoms with E-state index in [0.29, 0.717) is 0 Å². The van der Waals surface area contributed by atoms with Crippen molar-refractivity contribution in [1.29, 1.82) is 0 Å². The second-order valence-corrected chi connectivity index (χ2v) is 7.35. The maximum atomic E-state index is 6.48. The summed E-state index contributed by atoms with van der Waals surface area (Å²) in [5, 5.41) is 3.38. The molecule has 3 rings (SSSR count). The van der Waals surface area contributed by atoms with Crippen molar-refractivity contribution in [3.8, 4) is 0 Å². The quantitative estimate of drug-likeness (QED) is 0.533. The Balaban J connectivity index is 2.15. The molecule has 0 saturated heterocycles. The smallest absolute Gasteiger partial charge is 0.0577 e. The summed E-state index contributed by atoms with van der Waals surface area (Å²) in [6.07, 6.45) is 0. The normalized spacial score (nSPS) is 12.8. The van der Waals surface area contributed by atoms with Crippen molar-refractivity contribution in [2.75, 3.05) is 0 Å². The lowest BCUT2D eigenvalue weighted by molar-refractivity contribution is 0.875. The zero-order chi connectivity index (χ0) is 13.4. The minimum atomic E-state index is -0.105. The zero-order valence-electron chi connectivity index (χ0n) is 9.94. The van der Waals surface area contributed by atoms with Crippen LogP contribution >= 0.6 is 49.9 Å². The standard InChI is InChI=1S/C15H11BrINS/c16-13-5-4-10(17)8-12(13)14(18)11-3-1-2-9-6-7-19-15(9)11/h1-8,14H,18H2. The van der Waals surface area contributed by atoms with Crippen LogP contribution in [-0.2, 0) is 0 Å². The van der Waals surface area contributed by atoms with Crippen LogP contribution in [0.3, 0.4) is 0 Å². The van der Waals surface area contributed by atoms with Gasteiger partial charge in [-0.25, -0.2) is 0 Å². The van der Waals surface area contributed by atoms with Crippen molar-refractivity contribution in [2.24, 2.45) is 5.73 Å². The Hall–Kier alpha value is -0.430. The first-order valence-corrected chi connectivity index (χ1v) is 8.58. The van der Waals surface area contributed by atoms with E-state index in [-0.39, 0.29) is 6.04 Å². The highest BCUT2D eigenvalue weighted by Gasteiger charge is 2.15. The van der Waals surface area contributed by atoms with Crippen LogP contribution in [0.2, 0.25) is 0 Å². The Morgan fingerprint density at radius 3 is 2.79 bits per heavy atom. The number of nitrogens with two attached hydrogens (primary N) is 1. The summed E-state index contributed by atoms with van der Waals surface area (Å²) < 4.78 is 3.54. The lowest BCUT2D eigenvalue weighted by atomic mass is 9.99. The van der Waals surface area contributed by atoms with Crippen LogP contribution in [0.1, 0.15) is 17.2 Å². The molecule has 3 aromatic rings. The van der Waals surface area contributed by atoms with E-state index in [2.05, 4.69) is 86.4 Å². The molecule has 0 aliphatic carbocycles. The summed E-state index contributed by atoms with van der Waals surface area (Å²) in [5.74, 6) is 0. The van der Waals surface area contributed by atoms with Gasteiger partial charge >= 0.3 is 0 Å². The zero-order valence-corrected chi connectivity index (χ0v) is 14.5. The van der Waals surface area contributed by atoms with E-state index in [4.69, 9.17) is 5.73 Å². The van der Waals surface area contributed by atoms with Crippen LogP contribution in [0.25, 0.3) is 10.1 Å². The van der Waals surface area contributed by atoms with Crippen molar-refractivity contribution >= 4 is 59.9 Å². The highest BCUT2D eigenvalue weighted by atomic mass is 127. The van der Waals surface area contributed by atoms with Crippen molar-refractivity contribution in [3.05, 3.63) is 67.0 Å². The molecular formula is C15H11BrINS. The fraction of sp³-hybridized carbons (Fsp3) is 0.0667. The molecule has 0 fully saturated rings. The van der Waals surface area contributed by atoms with Gasteiger partial charge in [0.1, 0.15) is 0 Å². The molecule has 1 aromatic heterocycles. The largest absolute Gasteiger partial charge is 0.320 e. The average molecular weight is 444 g/mol. The molecule has 0 aliphatic rings. The van der Waals surface area contributed by atoms with Crippen molar-refractivity contribution in [3.63, 3.8) is 0 Å². The Morgan fingerprint density at radius 2 is 1.95 bits per heavy atom. The third-order valence-corrected chi connectivity index (χ3v) is 5.51. The molecule has 1 heterocycles. The molecule has 0 bridgehead atoms. The Bertz CT molecular complexity index is 738. The second kappa shape index (κ2) is 5.52. The molecule has 0 saturated carbocycles. The lowest BCUT2D eigenvalue weighted by Crippen LogP contribution is -2.12. The first-order valence-electron chi connectivity index (χ1n) is 5.83. The third kappa shape index (κ3) is 2.59. The minimum absolute atomic E-state index is 0.105. The number of hydrogen-bond donors (Lipinski definition) is 1. The molecule has 1 unspecified atom stereocenters. The Kier molecular flexibility index (Phi) is 3.93. The van der Waals surface area contributed by atoms with E-state index in [9.17, 15) is 0 Å². The van der Waals surface area contributed by atoms with E-state index in [1.807, 2.05) is 0 Å². The monoisotopic (exact) mass is 443 g/mol. The van der Waals surface area contributed by atoms with Crippen molar-refractivity contribution in [1.82, 2.24) is 0 Å². The van der Waals surface area contributed by atoms with Gasteiger partial charge in [0.25, 0.3) is 0 Å². The molecule has 19 heavy (non-hydrogen) atoms. The van der Waals surface area contributed by atoms with Gasteiger partial charge in [-0.05, 0) is 68.7 Å². The molecule has 1 nitrogen and oxygen atoms in total. The summed E-state index contributed by atoms with van der Waals surface area (Å²) in [7, 11) is 0. The van der Waals surface area contributed by atoms with Gasteiger partial charge in [0.05, 0.1) is 6.04 Å². The van der Waals surface area contributed by atoms with Gasteiger partial charge in [0.2, 0.25) is 0 Å². The van der Waals surface area contributed by atoms with Gasteiger partial charge in [-0.3, -0.25) is 0 Å². The Labute approximate surface area is 138 Å². The van der Waals surface area contributed by atoms with Crippen LogP contribution in [0.4, 0.5) is 0 Å². The van der Waals surface area contributed by atoms with E-state index in [1.165, 1.54) is 19.2 Å². The van der Waals surface area contributed by atoms with Crippen LogP contribution in [-0.4, -0.2) is 0 Å². The van der Waals surface area contributed by atoms with Gasteiger partial charge < -0.3 is 5.73 Å². The van der Waals surface area contributed by atoms with E-state index in [1.54, 1.807) is 11.3 Å². The molecule has 0 radical (unpaired) electrons. The second-order valence-electron chi connectivity index (χ2n) is 4.33. The van der Waals surface area contributed by atoms with Gasteiger partial charge in [-0.2, -0.15) is 0 Å². The topological polar surface area (TPSA) is 26.0 Å². The Morgan fingerprint density at radius 1 is 1.11 bits per heavy atom. The number of fused-ring (bicyclic) bond motifs is 1. The summed E-state index contributed by atoms with van der Waals surface area (Å²) in [4.78, 5) is 0. The van der Waals surface area contributed by atoms with Crippen LogP contribution < -0.4 is 5.73 Å². The van der Waals surface area contributed by atoms with Gasteiger partial charge in [0, 0.05) is 12.7 Å². The van der Waals surface area contributed by atoms with Gasteiger partial charge in [-0.15, -0.1) is 11.3 Å². The third-order valence-electron chi connectivity index (χ3n) is 3.14. The number of benzene rings is 2. The molecule has 96 valence electrons. The number of hydrogen-bond acceptors (Lipinski definition) is 2. The van der Waals surface area contributed by atoms with Crippen LogP contribution in [0.15, 0.2) is 52.3 Å². The van der Waals surface area contributed by atoms with Crippen LogP contribution in [0.5, 0.6) is 0 Å². The highest BCUT2D eigenvalue weighted by molar-refractivity contribution is 14.1. The first-order chi connectivity index (χ1) is 9.16. The first kappa shape index (κ1) is 13.5. The lowest BCUT2D eigenvalue weighted by Gasteiger charge is -2.16. The minimum Gasteiger partial charge on any atom is -0.320 e. The fourth-order valence-corrected chi connectivity index (χ4v) is 4.14. The molecule has 0 amide bonds. The molecule has 4 heteroatoms. The predicted molar refractivity (Wildman–Crippen MR) is 94.7 cm³/mol. The van der Waals surface area contributed by atoms with Crippen molar-refractivity contribution < 1.29 is 0 Å².